The van der Waals surface area contributed by atoms with Gasteiger partial charge >= 0.3 is 5.91 Å². The summed E-state index contributed by atoms with van der Waals surface area (Å²) in [4.78, 5) is 28.7. The van der Waals surface area contributed by atoms with Crippen molar-refractivity contribution >= 4 is 68.9 Å². The molecule has 3 aromatic carbocycles. The van der Waals surface area contributed by atoms with Gasteiger partial charge in [-0.2, -0.15) is 0 Å². The van der Waals surface area contributed by atoms with E-state index in [4.69, 9.17) is 37.4 Å². The van der Waals surface area contributed by atoms with Gasteiger partial charge in [-0.3, -0.25) is 14.5 Å². The van der Waals surface area contributed by atoms with E-state index in [1.807, 2.05) is 12.1 Å². The van der Waals surface area contributed by atoms with Gasteiger partial charge in [0.2, 0.25) is 5.13 Å². The molecule has 4 aromatic rings. The molecule has 1 saturated heterocycles. The maximum Gasteiger partial charge on any atom is 0.301 e. The summed E-state index contributed by atoms with van der Waals surface area (Å²) < 4.78 is 17.9. The Morgan fingerprint density at radius 1 is 1.04 bits per heavy atom. The second-order valence-corrected chi connectivity index (χ2v) is 13.6. The number of hydrogen-bond acceptors (Lipinski definition) is 10. The lowest BCUT2D eigenvalue weighted by atomic mass is 9.95. The quantitative estimate of drug-likeness (QED) is 0.0415. The van der Waals surface area contributed by atoms with Crippen molar-refractivity contribution in [1.82, 2.24) is 10.2 Å². The van der Waals surface area contributed by atoms with Crippen molar-refractivity contribution < 1.29 is 28.9 Å². The van der Waals surface area contributed by atoms with Gasteiger partial charge in [-0.05, 0) is 60.0 Å². The van der Waals surface area contributed by atoms with E-state index in [0.717, 1.165) is 24.8 Å². The van der Waals surface area contributed by atoms with Gasteiger partial charge in [0.25, 0.3) is 5.78 Å². The molecule has 0 saturated carbocycles. The number of aliphatic hydroxyl groups excluding tert-OH is 1. The second kappa shape index (κ2) is 14.3. The lowest BCUT2D eigenvalue weighted by Crippen LogP contribution is -2.29. The Morgan fingerprint density at radius 3 is 2.67 bits per heavy atom. The van der Waals surface area contributed by atoms with Crippen LogP contribution in [0.4, 0.5) is 5.13 Å². The van der Waals surface area contributed by atoms with Crippen LogP contribution in [0.1, 0.15) is 48.9 Å². The minimum Gasteiger partial charge on any atom is -0.507 e. The summed E-state index contributed by atoms with van der Waals surface area (Å²) in [7, 11) is 0. The number of ketones is 1. The molecule has 6 rings (SSSR count). The summed E-state index contributed by atoms with van der Waals surface area (Å²) in [6, 6.07) is 16.4. The molecule has 0 radical (unpaired) electrons. The number of aromatic nitrogens is 2. The van der Waals surface area contributed by atoms with E-state index in [1.165, 1.54) is 28.0 Å². The van der Waals surface area contributed by atoms with Crippen LogP contribution in [0.15, 0.2) is 70.6 Å². The predicted molar refractivity (Wildman–Crippen MR) is 180 cm³/mol. The Kier molecular flexibility index (Phi) is 10.0. The standard InChI is InChI=1S/C33H29Cl2N3O6S2/c1-2-3-4-12-42-23-7-5-6-19(15-23)28-27(29(39)20-9-11-25-26(16-20)44-14-13-43-25)30(40)31(41)38(28)32-36-37-33(46-32)45-18-21-8-10-22(34)17-24(21)35/h5-11,15-17,28,39H,2-4,12-14,18H2,1H3/b29-27+/t28-/m0/s1. The van der Waals surface area contributed by atoms with Crippen molar-refractivity contribution in [3.63, 3.8) is 0 Å². The molecule has 2 aliphatic rings. The van der Waals surface area contributed by atoms with Gasteiger partial charge in [0.05, 0.1) is 18.2 Å². The first-order valence-corrected chi connectivity index (χ1v) is 17.2. The Bertz CT molecular complexity index is 1810. The first-order valence-electron chi connectivity index (χ1n) is 14.7. The SMILES string of the molecule is CCCCCOc1cccc([C@H]2/C(=C(\O)c3ccc4c(c3)OCCO4)C(=O)C(=O)N2c2nnc(SCc3ccc(Cl)cc3Cl)s2)c1. The van der Waals surface area contributed by atoms with Crippen LogP contribution < -0.4 is 19.1 Å². The van der Waals surface area contributed by atoms with Crippen molar-refractivity contribution in [3.05, 3.63) is 93.0 Å². The lowest BCUT2D eigenvalue weighted by molar-refractivity contribution is -0.132. The number of Topliss-reactive ketones (excluding diaryl/α,β-unsaturated/α-hetero) is 1. The van der Waals surface area contributed by atoms with E-state index < -0.39 is 17.7 Å². The van der Waals surface area contributed by atoms with Crippen molar-refractivity contribution in [2.75, 3.05) is 24.7 Å². The van der Waals surface area contributed by atoms with Gasteiger partial charge in [-0.1, -0.05) is 84.3 Å². The van der Waals surface area contributed by atoms with Crippen molar-refractivity contribution in [3.8, 4) is 17.2 Å². The number of amides is 1. The highest BCUT2D eigenvalue weighted by atomic mass is 35.5. The Hall–Kier alpha value is -3.77. The van der Waals surface area contributed by atoms with Crippen LogP contribution in [0.2, 0.25) is 10.0 Å². The highest BCUT2D eigenvalue weighted by Crippen LogP contribution is 2.45. The first kappa shape index (κ1) is 32.2. The average molecular weight is 699 g/mol. The van der Waals surface area contributed by atoms with Gasteiger partial charge in [0.1, 0.15) is 24.7 Å². The summed E-state index contributed by atoms with van der Waals surface area (Å²) in [5.41, 5.74) is 1.67. The average Bonchev–Trinajstić information content (AvgIpc) is 3.63. The monoisotopic (exact) mass is 697 g/mol. The number of fused-ring (bicyclic) bond motifs is 1. The number of nitrogens with zero attached hydrogens (tertiary/aromatic N) is 3. The molecule has 0 spiro atoms. The van der Waals surface area contributed by atoms with E-state index in [-0.39, 0.29) is 16.5 Å². The third-order valence-corrected chi connectivity index (χ3v) is 10.1. The molecule has 2 aliphatic heterocycles. The molecule has 46 heavy (non-hydrogen) atoms. The number of carbonyl (C=O) groups excluding carboxylic acids is 2. The zero-order chi connectivity index (χ0) is 32.2. The van der Waals surface area contributed by atoms with Crippen LogP contribution in [-0.2, 0) is 15.3 Å². The summed E-state index contributed by atoms with van der Waals surface area (Å²) in [6.45, 7) is 3.42. The molecule has 1 atom stereocenters. The smallest absolute Gasteiger partial charge is 0.301 e. The Morgan fingerprint density at radius 2 is 1.87 bits per heavy atom. The molecular formula is C33H29Cl2N3O6S2. The highest BCUT2D eigenvalue weighted by Gasteiger charge is 2.48. The number of benzene rings is 3. The Labute approximate surface area is 284 Å². The number of aliphatic hydroxyl groups is 1. The van der Waals surface area contributed by atoms with E-state index in [2.05, 4.69) is 17.1 Å². The summed E-state index contributed by atoms with van der Waals surface area (Å²) >= 11 is 14.9. The molecule has 1 N–H and O–H groups in total. The van der Waals surface area contributed by atoms with Crippen LogP contribution in [-0.4, -0.2) is 46.8 Å². The number of anilines is 1. The summed E-state index contributed by atoms with van der Waals surface area (Å²) in [5, 5.41) is 21.5. The predicted octanol–water partition coefficient (Wildman–Crippen LogP) is 8.10. The van der Waals surface area contributed by atoms with E-state index in [9.17, 15) is 14.7 Å². The van der Waals surface area contributed by atoms with Crippen molar-refractivity contribution in [2.45, 2.75) is 42.3 Å². The minimum atomic E-state index is -0.996. The summed E-state index contributed by atoms with van der Waals surface area (Å²) in [5.74, 6) is 0.0481. The number of thioether (sulfide) groups is 1. The molecule has 1 aromatic heterocycles. The highest BCUT2D eigenvalue weighted by molar-refractivity contribution is 8.00. The van der Waals surface area contributed by atoms with E-state index >= 15 is 0 Å². The lowest BCUT2D eigenvalue weighted by Gasteiger charge is -2.23. The number of ether oxygens (including phenoxy) is 3. The number of carbonyl (C=O) groups is 2. The van der Waals surface area contributed by atoms with E-state index in [0.29, 0.717) is 68.3 Å². The number of halogens is 2. The van der Waals surface area contributed by atoms with Crippen molar-refractivity contribution in [2.24, 2.45) is 0 Å². The third kappa shape index (κ3) is 6.83. The molecule has 3 heterocycles. The van der Waals surface area contributed by atoms with Gasteiger partial charge in [0.15, 0.2) is 15.8 Å². The van der Waals surface area contributed by atoms with Gasteiger partial charge in [-0.15, -0.1) is 10.2 Å². The maximum atomic E-state index is 13.7. The van der Waals surface area contributed by atoms with Gasteiger partial charge < -0.3 is 19.3 Å². The third-order valence-electron chi connectivity index (χ3n) is 7.42. The van der Waals surface area contributed by atoms with Crippen LogP contribution in [0.5, 0.6) is 17.2 Å². The maximum absolute atomic E-state index is 13.7. The molecule has 238 valence electrons. The number of hydrogen-bond donors (Lipinski definition) is 1. The van der Waals surface area contributed by atoms with Crippen LogP contribution in [0.25, 0.3) is 5.76 Å². The molecule has 1 amide bonds. The Balaban J connectivity index is 1.37. The normalized spacial score (nSPS) is 17.0. The van der Waals surface area contributed by atoms with Crippen LogP contribution in [0, 0.1) is 0 Å². The van der Waals surface area contributed by atoms with Gasteiger partial charge in [0, 0.05) is 21.4 Å². The fourth-order valence-electron chi connectivity index (χ4n) is 5.14. The fourth-order valence-corrected chi connectivity index (χ4v) is 7.57. The molecule has 9 nitrogen and oxygen atoms in total. The fraction of sp³-hybridized carbons (Fsp3) is 0.273. The summed E-state index contributed by atoms with van der Waals surface area (Å²) in [6.07, 6.45) is 3.00. The van der Waals surface area contributed by atoms with Crippen molar-refractivity contribution in [1.29, 1.82) is 0 Å². The molecule has 0 unspecified atom stereocenters. The number of rotatable bonds is 11. The second-order valence-electron chi connectivity index (χ2n) is 10.5. The zero-order valence-electron chi connectivity index (χ0n) is 24.7. The van der Waals surface area contributed by atoms with Gasteiger partial charge in [-0.25, -0.2) is 0 Å². The molecule has 1 fully saturated rings. The van der Waals surface area contributed by atoms with Crippen LogP contribution >= 0.6 is 46.3 Å². The first-order chi connectivity index (χ1) is 22.3. The molecular weight excluding hydrogens is 669 g/mol. The van der Waals surface area contributed by atoms with E-state index in [1.54, 1.807) is 48.5 Å². The minimum absolute atomic E-state index is 0.0813. The largest absolute Gasteiger partial charge is 0.507 e. The topological polar surface area (TPSA) is 111 Å². The number of unbranched alkanes of at least 4 members (excludes halogenated alkanes) is 2. The zero-order valence-corrected chi connectivity index (χ0v) is 27.8. The molecule has 0 bridgehead atoms. The van der Waals surface area contributed by atoms with Crippen LogP contribution in [0.3, 0.4) is 0 Å². The molecule has 13 heteroatoms. The molecule has 0 aliphatic carbocycles.